The average Bonchev–Trinajstić information content (AvgIpc) is 2.58. The molecule has 0 atom stereocenters. The molecule has 25 heavy (non-hydrogen) atoms. The van der Waals surface area contributed by atoms with Gasteiger partial charge in [0.2, 0.25) is 0 Å². The molecule has 2 aromatic carbocycles. The smallest absolute Gasteiger partial charge is 0.311 e. The van der Waals surface area contributed by atoms with Crippen molar-refractivity contribution < 1.29 is 18.8 Å². The number of carbonyl (C=O) groups is 1. The Labute approximate surface area is 148 Å². The van der Waals surface area contributed by atoms with Crippen molar-refractivity contribution in [3.63, 3.8) is 0 Å². The molecule has 2 rings (SSSR count). The maximum atomic E-state index is 13.9. The Morgan fingerprint density at radius 3 is 2.68 bits per heavy atom. The quantitative estimate of drug-likeness (QED) is 0.571. The lowest BCUT2D eigenvalue weighted by Crippen LogP contribution is -2.27. The fourth-order valence-electron chi connectivity index (χ4n) is 2.28. The van der Waals surface area contributed by atoms with Gasteiger partial charge in [-0.15, -0.1) is 0 Å². The predicted molar refractivity (Wildman–Crippen MR) is 91.5 cm³/mol. The van der Waals surface area contributed by atoms with Gasteiger partial charge in [0.1, 0.15) is 5.82 Å². The SMILES string of the molecule is CCOc1ccc(C(=O)N(C)Cc2c(F)cccc2Cl)cc1[N+](=O)[O-]. The van der Waals surface area contributed by atoms with E-state index in [-0.39, 0.29) is 40.7 Å². The number of hydrogen-bond donors (Lipinski definition) is 0. The molecule has 132 valence electrons. The lowest BCUT2D eigenvalue weighted by atomic mass is 10.1. The van der Waals surface area contributed by atoms with Crippen LogP contribution >= 0.6 is 11.6 Å². The standard InChI is InChI=1S/C17H16ClFN2O4/c1-3-25-16-8-7-11(9-15(16)21(23)24)17(22)20(2)10-12-13(18)5-4-6-14(12)19/h4-9H,3,10H2,1-2H3. The zero-order valence-corrected chi connectivity index (χ0v) is 14.4. The third-order valence-corrected chi connectivity index (χ3v) is 3.86. The summed E-state index contributed by atoms with van der Waals surface area (Å²) in [5, 5.41) is 11.4. The molecule has 0 radical (unpaired) electrons. The Hall–Kier alpha value is -2.67. The molecule has 0 aliphatic heterocycles. The summed E-state index contributed by atoms with van der Waals surface area (Å²) >= 11 is 5.96. The van der Waals surface area contributed by atoms with Crippen LogP contribution in [0.4, 0.5) is 10.1 Å². The molecule has 0 heterocycles. The number of hydrogen-bond acceptors (Lipinski definition) is 4. The van der Waals surface area contributed by atoms with Gasteiger partial charge in [0, 0.05) is 35.8 Å². The summed E-state index contributed by atoms with van der Waals surface area (Å²) in [4.78, 5) is 24.3. The number of nitro groups is 1. The van der Waals surface area contributed by atoms with Crippen molar-refractivity contribution in [1.29, 1.82) is 0 Å². The predicted octanol–water partition coefficient (Wildman–Crippen LogP) is 4.06. The molecular formula is C17H16ClFN2O4. The van der Waals surface area contributed by atoms with Gasteiger partial charge in [0.05, 0.1) is 11.5 Å². The molecule has 0 N–H and O–H groups in total. The van der Waals surface area contributed by atoms with E-state index in [9.17, 15) is 19.3 Å². The van der Waals surface area contributed by atoms with E-state index in [4.69, 9.17) is 16.3 Å². The van der Waals surface area contributed by atoms with Crippen LogP contribution in [-0.4, -0.2) is 29.4 Å². The van der Waals surface area contributed by atoms with Crippen LogP contribution in [-0.2, 0) is 6.54 Å². The Morgan fingerprint density at radius 1 is 1.36 bits per heavy atom. The van der Waals surface area contributed by atoms with Gasteiger partial charge in [0.25, 0.3) is 5.91 Å². The van der Waals surface area contributed by atoms with Gasteiger partial charge in [-0.25, -0.2) is 4.39 Å². The third-order valence-electron chi connectivity index (χ3n) is 3.51. The van der Waals surface area contributed by atoms with Crippen molar-refractivity contribution in [2.45, 2.75) is 13.5 Å². The number of nitrogens with zero attached hydrogens (tertiary/aromatic N) is 2. The number of ether oxygens (including phenoxy) is 1. The molecule has 0 fully saturated rings. The van der Waals surface area contributed by atoms with Crippen molar-refractivity contribution in [1.82, 2.24) is 4.90 Å². The van der Waals surface area contributed by atoms with E-state index < -0.39 is 16.6 Å². The van der Waals surface area contributed by atoms with Crippen LogP contribution in [0.25, 0.3) is 0 Å². The lowest BCUT2D eigenvalue weighted by molar-refractivity contribution is -0.385. The largest absolute Gasteiger partial charge is 0.487 e. The molecular weight excluding hydrogens is 351 g/mol. The van der Waals surface area contributed by atoms with Crippen LogP contribution in [0.1, 0.15) is 22.8 Å². The highest BCUT2D eigenvalue weighted by Crippen LogP contribution is 2.29. The van der Waals surface area contributed by atoms with Crippen molar-refractivity contribution >= 4 is 23.2 Å². The van der Waals surface area contributed by atoms with Gasteiger partial charge in [-0.1, -0.05) is 17.7 Å². The molecule has 2 aromatic rings. The second-order valence-electron chi connectivity index (χ2n) is 5.23. The van der Waals surface area contributed by atoms with Gasteiger partial charge in [-0.3, -0.25) is 14.9 Å². The highest BCUT2D eigenvalue weighted by molar-refractivity contribution is 6.31. The molecule has 0 aliphatic rings. The fraction of sp³-hybridized carbons (Fsp3) is 0.235. The van der Waals surface area contributed by atoms with Gasteiger partial charge in [-0.2, -0.15) is 0 Å². The van der Waals surface area contributed by atoms with Crippen LogP contribution in [0.2, 0.25) is 5.02 Å². The molecule has 6 nitrogen and oxygen atoms in total. The van der Waals surface area contributed by atoms with Crippen LogP contribution in [0, 0.1) is 15.9 Å². The first-order valence-electron chi connectivity index (χ1n) is 7.44. The molecule has 1 amide bonds. The highest BCUT2D eigenvalue weighted by atomic mass is 35.5. The summed E-state index contributed by atoms with van der Waals surface area (Å²) in [6, 6.07) is 8.20. The molecule has 0 unspecified atom stereocenters. The lowest BCUT2D eigenvalue weighted by Gasteiger charge is -2.18. The van der Waals surface area contributed by atoms with Crippen molar-refractivity contribution in [3.8, 4) is 5.75 Å². The number of nitro benzene ring substituents is 1. The van der Waals surface area contributed by atoms with Gasteiger partial charge in [0.15, 0.2) is 5.75 Å². The number of benzene rings is 2. The second kappa shape index (κ2) is 7.94. The van der Waals surface area contributed by atoms with Gasteiger partial charge >= 0.3 is 5.69 Å². The van der Waals surface area contributed by atoms with Crippen LogP contribution in [0.3, 0.4) is 0 Å². The zero-order valence-electron chi connectivity index (χ0n) is 13.7. The van der Waals surface area contributed by atoms with Crippen LogP contribution in [0.15, 0.2) is 36.4 Å². The minimum atomic E-state index is -0.616. The molecule has 0 aromatic heterocycles. The first-order valence-corrected chi connectivity index (χ1v) is 7.82. The number of rotatable bonds is 6. The number of amides is 1. The van der Waals surface area contributed by atoms with Crippen LogP contribution in [0.5, 0.6) is 5.75 Å². The summed E-state index contributed by atoms with van der Waals surface area (Å²) in [5.74, 6) is -0.931. The minimum absolute atomic E-state index is 0.0641. The first-order chi connectivity index (χ1) is 11.8. The van der Waals surface area contributed by atoms with E-state index in [0.717, 1.165) is 6.07 Å². The van der Waals surface area contributed by atoms with E-state index in [1.807, 2.05) is 0 Å². The van der Waals surface area contributed by atoms with Crippen molar-refractivity contribution in [3.05, 3.63) is 68.5 Å². The molecule has 0 aliphatic carbocycles. The molecule has 0 saturated carbocycles. The van der Waals surface area contributed by atoms with Crippen LogP contribution < -0.4 is 4.74 Å². The van der Waals surface area contributed by atoms with E-state index in [1.165, 1.54) is 42.3 Å². The number of halogens is 2. The molecule has 0 saturated heterocycles. The van der Waals surface area contributed by atoms with E-state index in [2.05, 4.69) is 0 Å². The fourth-order valence-corrected chi connectivity index (χ4v) is 2.51. The zero-order chi connectivity index (χ0) is 18.6. The summed E-state index contributed by atoms with van der Waals surface area (Å²) in [7, 11) is 1.47. The monoisotopic (exact) mass is 366 g/mol. The summed E-state index contributed by atoms with van der Waals surface area (Å²) < 4.78 is 19.0. The maximum absolute atomic E-state index is 13.9. The summed E-state index contributed by atoms with van der Waals surface area (Å²) in [6.45, 7) is 1.90. The molecule has 0 bridgehead atoms. The Morgan fingerprint density at radius 2 is 2.08 bits per heavy atom. The Balaban J connectivity index is 2.27. The second-order valence-corrected chi connectivity index (χ2v) is 5.64. The third kappa shape index (κ3) is 4.24. The van der Waals surface area contributed by atoms with Crippen molar-refractivity contribution in [2.75, 3.05) is 13.7 Å². The van der Waals surface area contributed by atoms with Crippen molar-refractivity contribution in [2.24, 2.45) is 0 Å². The molecule has 0 spiro atoms. The Kier molecular flexibility index (Phi) is 5.93. The minimum Gasteiger partial charge on any atom is -0.487 e. The highest BCUT2D eigenvalue weighted by Gasteiger charge is 2.21. The average molecular weight is 367 g/mol. The van der Waals surface area contributed by atoms with E-state index in [0.29, 0.717) is 0 Å². The number of carbonyl (C=O) groups excluding carboxylic acids is 1. The topological polar surface area (TPSA) is 72.7 Å². The first kappa shape index (κ1) is 18.7. The Bertz CT molecular complexity index is 793. The normalized spacial score (nSPS) is 10.4. The molecule has 8 heteroatoms. The summed E-state index contributed by atoms with van der Waals surface area (Å²) in [5.41, 5.74) is -0.0180. The van der Waals surface area contributed by atoms with Gasteiger partial charge in [-0.05, 0) is 31.2 Å². The van der Waals surface area contributed by atoms with E-state index in [1.54, 1.807) is 6.92 Å². The summed E-state index contributed by atoms with van der Waals surface area (Å²) in [6.07, 6.45) is 0. The van der Waals surface area contributed by atoms with Gasteiger partial charge < -0.3 is 9.64 Å². The maximum Gasteiger partial charge on any atom is 0.311 e. The van der Waals surface area contributed by atoms with E-state index >= 15 is 0 Å².